The predicted molar refractivity (Wildman–Crippen MR) is 115 cm³/mol. The van der Waals surface area contributed by atoms with E-state index in [1.54, 1.807) is 0 Å². The van der Waals surface area contributed by atoms with E-state index in [1.165, 1.54) is 54.1 Å². The number of methoxy groups -OCH3 is 2. The molecule has 2 aromatic rings. The van der Waals surface area contributed by atoms with Crippen LogP contribution in [0.5, 0.6) is 0 Å². The molecule has 0 fully saturated rings. The molecule has 0 aliphatic heterocycles. The third-order valence-electron chi connectivity index (χ3n) is 4.57. The molecule has 1 aromatic carbocycles. The quantitative estimate of drug-likeness (QED) is 0.595. The first kappa shape index (κ1) is 24.0. The van der Waals surface area contributed by atoms with Gasteiger partial charge in [-0.25, -0.2) is 8.42 Å². The molecule has 0 unspecified atom stereocenters. The molecule has 0 aliphatic carbocycles. The van der Waals surface area contributed by atoms with E-state index >= 15 is 0 Å². The summed E-state index contributed by atoms with van der Waals surface area (Å²) in [4.78, 5) is 13.6. The third-order valence-corrected chi connectivity index (χ3v) is 7.60. The average Bonchev–Trinajstić information content (AvgIpc) is 3.00. The van der Waals surface area contributed by atoms with Crippen LogP contribution in [0.25, 0.3) is 0 Å². The summed E-state index contributed by atoms with van der Waals surface area (Å²) in [5.74, 6) is -0.410. The van der Waals surface area contributed by atoms with Crippen molar-refractivity contribution in [2.75, 3.05) is 45.8 Å². The van der Waals surface area contributed by atoms with Crippen LogP contribution in [0.2, 0.25) is 0 Å². The molecule has 0 atom stereocenters. The van der Waals surface area contributed by atoms with E-state index in [1.807, 2.05) is 13.8 Å². The molecular formula is C20H25N3O5S2. The summed E-state index contributed by atoms with van der Waals surface area (Å²) in [6.45, 7) is 4.61. The van der Waals surface area contributed by atoms with Crippen molar-refractivity contribution in [1.29, 1.82) is 5.26 Å². The van der Waals surface area contributed by atoms with E-state index in [9.17, 15) is 18.5 Å². The van der Waals surface area contributed by atoms with Crippen molar-refractivity contribution >= 4 is 32.3 Å². The Morgan fingerprint density at radius 1 is 1.13 bits per heavy atom. The number of thiophene rings is 1. The van der Waals surface area contributed by atoms with Crippen LogP contribution < -0.4 is 5.32 Å². The standard InChI is InChI=1S/C20H25N3O5S2/c1-14-15(2)29-20(18(14)13-21)22-19(24)16-5-7-17(8-6-16)30(25,26)23(9-11-27-3)10-12-28-4/h5-8H,9-12H2,1-4H3,(H,22,24). The number of aryl methyl sites for hydroxylation is 1. The maximum Gasteiger partial charge on any atom is 0.256 e. The van der Waals surface area contributed by atoms with Crippen LogP contribution in [0.15, 0.2) is 29.2 Å². The number of benzene rings is 1. The highest BCUT2D eigenvalue weighted by atomic mass is 32.2. The van der Waals surface area contributed by atoms with Crippen LogP contribution >= 0.6 is 11.3 Å². The number of carbonyl (C=O) groups excluding carboxylic acids is 1. The van der Waals surface area contributed by atoms with Crippen LogP contribution in [-0.2, 0) is 19.5 Å². The van der Waals surface area contributed by atoms with Crippen LogP contribution in [-0.4, -0.2) is 59.2 Å². The Morgan fingerprint density at radius 3 is 2.20 bits per heavy atom. The number of sulfonamides is 1. The molecule has 0 radical (unpaired) electrons. The summed E-state index contributed by atoms with van der Waals surface area (Å²) in [7, 11) is -0.754. The van der Waals surface area contributed by atoms with Crippen molar-refractivity contribution in [3.8, 4) is 6.07 Å². The van der Waals surface area contributed by atoms with Crippen molar-refractivity contribution in [1.82, 2.24) is 4.31 Å². The Balaban J connectivity index is 2.21. The molecule has 0 saturated heterocycles. The molecule has 0 spiro atoms. The summed E-state index contributed by atoms with van der Waals surface area (Å²) in [5.41, 5.74) is 1.57. The molecule has 0 aliphatic rings. The Labute approximate surface area is 181 Å². The van der Waals surface area contributed by atoms with Gasteiger partial charge in [-0.15, -0.1) is 11.3 Å². The molecule has 0 saturated carbocycles. The van der Waals surface area contributed by atoms with Crippen LogP contribution in [0.4, 0.5) is 5.00 Å². The third kappa shape index (κ3) is 5.44. The normalized spacial score (nSPS) is 11.5. The SMILES string of the molecule is COCCN(CCOC)S(=O)(=O)c1ccc(C(=O)Nc2sc(C)c(C)c2C#N)cc1. The first-order valence-corrected chi connectivity index (χ1v) is 11.4. The van der Waals surface area contributed by atoms with Crippen molar-refractivity contribution in [3.63, 3.8) is 0 Å². The lowest BCUT2D eigenvalue weighted by atomic mass is 10.2. The molecule has 0 bridgehead atoms. The van der Waals surface area contributed by atoms with E-state index in [-0.39, 0.29) is 31.2 Å². The number of amides is 1. The number of hydrogen-bond acceptors (Lipinski definition) is 7. The predicted octanol–water partition coefficient (Wildman–Crippen LogP) is 2.77. The number of rotatable bonds is 10. The monoisotopic (exact) mass is 451 g/mol. The van der Waals surface area contributed by atoms with Crippen LogP contribution in [0, 0.1) is 25.2 Å². The second-order valence-corrected chi connectivity index (χ2v) is 9.63. The summed E-state index contributed by atoms with van der Waals surface area (Å²) in [6, 6.07) is 7.80. The summed E-state index contributed by atoms with van der Waals surface area (Å²) in [5, 5.41) is 12.5. The lowest BCUT2D eigenvalue weighted by Gasteiger charge is -2.21. The van der Waals surface area contributed by atoms with Gasteiger partial charge in [-0.3, -0.25) is 4.79 Å². The zero-order chi connectivity index (χ0) is 22.3. The number of nitrogens with zero attached hydrogens (tertiary/aromatic N) is 2. The summed E-state index contributed by atoms with van der Waals surface area (Å²) >= 11 is 1.33. The number of nitrogens with one attached hydrogen (secondary N) is 1. The van der Waals surface area contributed by atoms with Gasteiger partial charge in [-0.1, -0.05) is 0 Å². The van der Waals surface area contributed by atoms with Crippen molar-refractivity contribution in [2.24, 2.45) is 0 Å². The van der Waals surface area contributed by atoms with Crippen LogP contribution in [0.1, 0.15) is 26.4 Å². The molecule has 1 aromatic heterocycles. The van der Waals surface area contributed by atoms with Gasteiger partial charge in [0.1, 0.15) is 11.1 Å². The van der Waals surface area contributed by atoms with Gasteiger partial charge in [-0.2, -0.15) is 9.57 Å². The fraction of sp³-hybridized carbons (Fsp3) is 0.400. The summed E-state index contributed by atoms with van der Waals surface area (Å²) in [6.07, 6.45) is 0. The molecule has 8 nitrogen and oxygen atoms in total. The maximum atomic E-state index is 12.9. The highest BCUT2D eigenvalue weighted by Crippen LogP contribution is 2.32. The van der Waals surface area contributed by atoms with Gasteiger partial charge in [0.2, 0.25) is 10.0 Å². The second-order valence-electron chi connectivity index (χ2n) is 6.47. The molecule has 1 amide bonds. The second kappa shape index (κ2) is 10.7. The van der Waals surface area contributed by atoms with Gasteiger partial charge in [0.15, 0.2) is 0 Å². The largest absolute Gasteiger partial charge is 0.383 e. The zero-order valence-electron chi connectivity index (χ0n) is 17.4. The number of hydrogen-bond donors (Lipinski definition) is 1. The highest BCUT2D eigenvalue weighted by Gasteiger charge is 2.24. The van der Waals surface area contributed by atoms with E-state index in [0.29, 0.717) is 16.1 Å². The lowest BCUT2D eigenvalue weighted by molar-refractivity contribution is 0.102. The van der Waals surface area contributed by atoms with E-state index in [4.69, 9.17) is 9.47 Å². The lowest BCUT2D eigenvalue weighted by Crippen LogP contribution is -2.36. The van der Waals surface area contributed by atoms with Gasteiger partial charge in [0.05, 0.1) is 23.7 Å². The van der Waals surface area contributed by atoms with Crippen molar-refractivity contribution in [3.05, 3.63) is 45.8 Å². The Bertz CT molecular complexity index is 1020. The molecule has 162 valence electrons. The fourth-order valence-electron chi connectivity index (χ4n) is 2.69. The van der Waals surface area contributed by atoms with E-state index in [0.717, 1.165) is 10.4 Å². The number of carbonyl (C=O) groups is 1. The highest BCUT2D eigenvalue weighted by molar-refractivity contribution is 7.89. The van der Waals surface area contributed by atoms with Gasteiger partial charge in [-0.05, 0) is 43.7 Å². The molecule has 2 rings (SSSR count). The molecule has 1 N–H and O–H groups in total. The van der Waals surface area contributed by atoms with Crippen LogP contribution in [0.3, 0.4) is 0 Å². The Morgan fingerprint density at radius 2 is 1.70 bits per heavy atom. The van der Waals surface area contributed by atoms with Crippen molar-refractivity contribution in [2.45, 2.75) is 18.7 Å². The van der Waals surface area contributed by atoms with E-state index < -0.39 is 15.9 Å². The minimum Gasteiger partial charge on any atom is -0.383 e. The zero-order valence-corrected chi connectivity index (χ0v) is 19.0. The molecule has 30 heavy (non-hydrogen) atoms. The van der Waals surface area contributed by atoms with Crippen molar-refractivity contribution < 1.29 is 22.7 Å². The molecule has 10 heteroatoms. The number of ether oxygens (including phenoxy) is 2. The first-order valence-electron chi connectivity index (χ1n) is 9.15. The first-order chi connectivity index (χ1) is 14.3. The van der Waals surface area contributed by atoms with Gasteiger partial charge in [0, 0.05) is 37.7 Å². The smallest absolute Gasteiger partial charge is 0.256 e. The maximum absolute atomic E-state index is 12.9. The summed E-state index contributed by atoms with van der Waals surface area (Å²) < 4.78 is 37.1. The Hall–Kier alpha value is -2.29. The van der Waals surface area contributed by atoms with Gasteiger partial charge < -0.3 is 14.8 Å². The molecule has 1 heterocycles. The van der Waals surface area contributed by atoms with Gasteiger partial charge in [0.25, 0.3) is 5.91 Å². The topological polar surface area (TPSA) is 109 Å². The minimum absolute atomic E-state index is 0.0757. The number of nitriles is 1. The average molecular weight is 452 g/mol. The fourth-order valence-corrected chi connectivity index (χ4v) is 5.10. The van der Waals surface area contributed by atoms with Gasteiger partial charge >= 0.3 is 0 Å². The number of anilines is 1. The van der Waals surface area contributed by atoms with E-state index in [2.05, 4.69) is 11.4 Å². The minimum atomic E-state index is -3.76. The molecular weight excluding hydrogens is 426 g/mol. The Kier molecular flexibility index (Phi) is 8.52.